The highest BCUT2D eigenvalue weighted by molar-refractivity contribution is 7.91. The third kappa shape index (κ3) is 3.58. The van der Waals surface area contributed by atoms with Gasteiger partial charge in [-0.25, -0.2) is 8.42 Å². The lowest BCUT2D eigenvalue weighted by molar-refractivity contribution is -0.121. The van der Waals surface area contributed by atoms with Crippen molar-refractivity contribution in [2.45, 2.75) is 25.3 Å². The molecule has 23 heavy (non-hydrogen) atoms. The fourth-order valence-corrected chi connectivity index (χ4v) is 4.19. The molecule has 0 spiro atoms. The third-order valence-electron chi connectivity index (χ3n) is 3.69. The molecule has 0 aromatic carbocycles. The first-order valence-electron chi connectivity index (χ1n) is 7.22. The van der Waals surface area contributed by atoms with Gasteiger partial charge >= 0.3 is 0 Å². The second-order valence-corrected chi connectivity index (χ2v) is 7.66. The maximum absolute atomic E-state index is 12.0. The Morgan fingerprint density at radius 1 is 1.43 bits per heavy atom. The van der Waals surface area contributed by atoms with E-state index in [4.69, 9.17) is 4.74 Å². The van der Waals surface area contributed by atoms with Crippen molar-refractivity contribution in [1.29, 1.82) is 0 Å². The molecule has 0 saturated carbocycles. The summed E-state index contributed by atoms with van der Waals surface area (Å²) in [5.41, 5.74) is 0.572. The van der Waals surface area contributed by atoms with Crippen LogP contribution in [0.4, 0.5) is 0 Å². The number of ether oxygens (including phenoxy) is 1. The lowest BCUT2D eigenvalue weighted by Crippen LogP contribution is -2.35. The van der Waals surface area contributed by atoms with Crippen LogP contribution in [0.5, 0.6) is 5.88 Å². The predicted octanol–water partition coefficient (Wildman–Crippen LogP) is -0.631. The van der Waals surface area contributed by atoms with Crippen LogP contribution in [-0.2, 0) is 21.1 Å². The van der Waals surface area contributed by atoms with Crippen molar-refractivity contribution < 1.29 is 17.9 Å². The number of nitrogens with one attached hydrogen (secondary N) is 1. The predicted molar refractivity (Wildman–Crippen MR) is 80.9 cm³/mol. The number of hydrogen-bond acceptors (Lipinski definition) is 7. The maximum Gasteiger partial charge on any atom is 0.231 e. The molecule has 1 unspecified atom stereocenters. The molecule has 2 aromatic rings. The van der Waals surface area contributed by atoms with Gasteiger partial charge in [-0.05, 0) is 12.5 Å². The van der Waals surface area contributed by atoms with Crippen LogP contribution in [-0.4, -0.2) is 58.8 Å². The summed E-state index contributed by atoms with van der Waals surface area (Å²) in [6.45, 7) is 0. The van der Waals surface area contributed by atoms with Crippen molar-refractivity contribution in [3.8, 4) is 5.88 Å². The summed E-state index contributed by atoms with van der Waals surface area (Å²) in [5.74, 6) is 0.931. The largest absolute Gasteiger partial charge is 0.480 e. The summed E-state index contributed by atoms with van der Waals surface area (Å²) in [4.78, 5) is 12.0. The van der Waals surface area contributed by atoms with Crippen LogP contribution in [0.2, 0.25) is 0 Å². The molecule has 0 radical (unpaired) electrons. The van der Waals surface area contributed by atoms with Crippen molar-refractivity contribution in [3.63, 3.8) is 0 Å². The Hall–Kier alpha value is -2.23. The van der Waals surface area contributed by atoms with E-state index in [9.17, 15) is 13.2 Å². The minimum Gasteiger partial charge on any atom is -0.480 e. The normalized spacial score (nSPS) is 19.8. The first-order valence-corrected chi connectivity index (χ1v) is 9.04. The van der Waals surface area contributed by atoms with E-state index in [2.05, 4.69) is 20.6 Å². The quantitative estimate of drug-likeness (QED) is 0.771. The van der Waals surface area contributed by atoms with E-state index in [0.29, 0.717) is 30.2 Å². The number of aryl methyl sites for hydroxylation is 1. The topological polar surface area (TPSA) is 116 Å². The van der Waals surface area contributed by atoms with E-state index in [-0.39, 0.29) is 29.9 Å². The molecule has 3 rings (SSSR count). The van der Waals surface area contributed by atoms with Gasteiger partial charge in [-0.2, -0.15) is 4.52 Å². The maximum atomic E-state index is 12.0. The molecular weight excluding hydrogens is 322 g/mol. The van der Waals surface area contributed by atoms with Crippen molar-refractivity contribution in [3.05, 3.63) is 18.0 Å². The molecule has 124 valence electrons. The van der Waals surface area contributed by atoms with E-state index < -0.39 is 9.84 Å². The first kappa shape index (κ1) is 15.7. The van der Waals surface area contributed by atoms with Crippen molar-refractivity contribution in [2.24, 2.45) is 0 Å². The highest BCUT2D eigenvalue weighted by atomic mass is 32.2. The van der Waals surface area contributed by atoms with E-state index in [1.807, 2.05) is 0 Å². The van der Waals surface area contributed by atoms with Crippen LogP contribution in [0.3, 0.4) is 0 Å². The van der Waals surface area contributed by atoms with Gasteiger partial charge in [-0.3, -0.25) is 4.79 Å². The molecule has 0 aliphatic carbocycles. The Labute approximate surface area is 133 Å². The molecule has 2 aromatic heterocycles. The fraction of sp³-hybridized carbons (Fsp3) is 0.538. The van der Waals surface area contributed by atoms with Gasteiger partial charge in [0, 0.05) is 24.9 Å². The summed E-state index contributed by atoms with van der Waals surface area (Å²) >= 11 is 0. The lowest BCUT2D eigenvalue weighted by Gasteiger charge is -2.10. The van der Waals surface area contributed by atoms with Crippen LogP contribution in [0, 0.1) is 0 Å². The average molecular weight is 339 g/mol. The SMILES string of the molecule is COc1ccc2nnc(CCC(=O)NC3CCS(=O)(=O)C3)n2n1. The number of carbonyl (C=O) groups excluding carboxylic acids is 1. The zero-order chi connectivity index (χ0) is 16.4. The second kappa shape index (κ2) is 6.11. The Kier molecular flexibility index (Phi) is 4.16. The molecule has 1 fully saturated rings. The second-order valence-electron chi connectivity index (χ2n) is 5.43. The number of carbonyl (C=O) groups is 1. The number of methoxy groups -OCH3 is 1. The smallest absolute Gasteiger partial charge is 0.231 e. The van der Waals surface area contributed by atoms with Crippen LogP contribution in [0.1, 0.15) is 18.7 Å². The molecule has 3 heterocycles. The summed E-state index contributed by atoms with van der Waals surface area (Å²) in [7, 11) is -1.49. The van der Waals surface area contributed by atoms with Crippen LogP contribution >= 0.6 is 0 Å². The van der Waals surface area contributed by atoms with Gasteiger partial charge in [0.25, 0.3) is 0 Å². The third-order valence-corrected chi connectivity index (χ3v) is 5.45. The highest BCUT2D eigenvalue weighted by Gasteiger charge is 2.28. The molecule has 1 N–H and O–H groups in total. The van der Waals surface area contributed by atoms with E-state index in [1.165, 1.54) is 11.6 Å². The molecule has 9 nitrogen and oxygen atoms in total. The summed E-state index contributed by atoms with van der Waals surface area (Å²) in [6, 6.07) is 3.12. The number of nitrogens with zero attached hydrogens (tertiary/aromatic N) is 4. The molecule has 1 amide bonds. The minimum absolute atomic E-state index is 0.0192. The van der Waals surface area contributed by atoms with E-state index in [1.54, 1.807) is 12.1 Å². The van der Waals surface area contributed by atoms with Gasteiger partial charge in [-0.1, -0.05) is 0 Å². The van der Waals surface area contributed by atoms with Crippen LogP contribution in [0.15, 0.2) is 12.1 Å². The zero-order valence-corrected chi connectivity index (χ0v) is 13.4. The van der Waals surface area contributed by atoms with E-state index in [0.717, 1.165) is 0 Å². The summed E-state index contributed by atoms with van der Waals surface area (Å²) in [6.07, 6.45) is 1.02. The van der Waals surface area contributed by atoms with Gasteiger partial charge in [0.05, 0.1) is 18.6 Å². The number of aromatic nitrogens is 4. The highest BCUT2D eigenvalue weighted by Crippen LogP contribution is 2.12. The van der Waals surface area contributed by atoms with Gasteiger partial charge in [0.15, 0.2) is 21.3 Å². The van der Waals surface area contributed by atoms with Crippen molar-refractivity contribution in [1.82, 2.24) is 25.1 Å². The Balaban J connectivity index is 1.61. The van der Waals surface area contributed by atoms with Gasteiger partial charge in [-0.15, -0.1) is 15.3 Å². The van der Waals surface area contributed by atoms with Gasteiger partial charge in [0.1, 0.15) is 0 Å². The molecule has 0 bridgehead atoms. The number of rotatable bonds is 5. The molecule has 10 heteroatoms. The average Bonchev–Trinajstić information content (AvgIpc) is 3.07. The van der Waals surface area contributed by atoms with Crippen molar-refractivity contribution >= 4 is 21.4 Å². The monoisotopic (exact) mass is 339 g/mol. The van der Waals surface area contributed by atoms with Crippen molar-refractivity contribution in [2.75, 3.05) is 18.6 Å². The Morgan fingerprint density at radius 2 is 2.26 bits per heavy atom. The number of sulfone groups is 1. The van der Waals surface area contributed by atoms with Gasteiger partial charge < -0.3 is 10.1 Å². The molecule has 1 aliphatic heterocycles. The molecule has 1 saturated heterocycles. The first-order chi connectivity index (χ1) is 11.0. The molecule has 1 atom stereocenters. The van der Waals surface area contributed by atoms with E-state index >= 15 is 0 Å². The molecule has 1 aliphatic rings. The molecular formula is C13H17N5O4S. The number of fused-ring (bicyclic) bond motifs is 1. The zero-order valence-electron chi connectivity index (χ0n) is 12.6. The summed E-state index contributed by atoms with van der Waals surface area (Å²) < 4.78 is 29.4. The number of hydrogen-bond donors (Lipinski definition) is 1. The Morgan fingerprint density at radius 3 is 2.96 bits per heavy atom. The number of amides is 1. The Bertz CT molecular complexity index is 832. The lowest BCUT2D eigenvalue weighted by atomic mass is 10.2. The fourth-order valence-electron chi connectivity index (χ4n) is 2.52. The van der Waals surface area contributed by atoms with Crippen LogP contribution < -0.4 is 10.1 Å². The summed E-state index contributed by atoms with van der Waals surface area (Å²) in [5, 5.41) is 15.0. The standard InChI is InChI=1S/C13H17N5O4S/c1-22-13-5-3-11-16-15-10(18(11)17-13)2-4-12(19)14-9-6-7-23(20,21)8-9/h3,5,9H,2,4,6-8H2,1H3,(H,14,19). The van der Waals surface area contributed by atoms with Gasteiger partial charge in [0.2, 0.25) is 11.8 Å². The van der Waals surface area contributed by atoms with Crippen LogP contribution in [0.25, 0.3) is 5.65 Å². The minimum atomic E-state index is -3.00.